The summed E-state index contributed by atoms with van der Waals surface area (Å²) in [7, 11) is 0. The molecule has 0 saturated carbocycles. The Balaban J connectivity index is 1.58. The molecule has 0 bridgehead atoms. The summed E-state index contributed by atoms with van der Waals surface area (Å²) in [5.74, 6) is -0.116. The Morgan fingerprint density at radius 1 is 1.30 bits per heavy atom. The summed E-state index contributed by atoms with van der Waals surface area (Å²) in [6.07, 6.45) is -3.90. The summed E-state index contributed by atoms with van der Waals surface area (Å²) >= 11 is 0. The highest BCUT2D eigenvalue weighted by Gasteiger charge is 2.58. The number of β-amino-alcohol motifs (C(OH)–C–C–N with tert-alkyl or cyclic N) is 1. The number of carbonyl (C=O) groups is 1. The molecule has 10 heteroatoms. The van der Waals surface area contributed by atoms with Crippen LogP contribution in [0.3, 0.4) is 0 Å². The molecule has 1 aromatic heterocycles. The van der Waals surface area contributed by atoms with Crippen molar-refractivity contribution in [2.24, 2.45) is 0 Å². The van der Waals surface area contributed by atoms with Crippen molar-refractivity contribution in [1.82, 2.24) is 19.2 Å². The van der Waals surface area contributed by atoms with Crippen LogP contribution in [0.15, 0.2) is 29.1 Å². The van der Waals surface area contributed by atoms with Gasteiger partial charge in [-0.15, -0.1) is 0 Å². The molecule has 0 spiro atoms. The maximum atomic E-state index is 13.1. The SMILES string of the molecule is Cc1ccc(Cn2nc3n(c2=O)[C@H](C(=O)N2CCC(O)(C(F)(F)F)C2)CCC3)cc1. The van der Waals surface area contributed by atoms with Gasteiger partial charge in [-0.2, -0.15) is 18.3 Å². The number of carbonyl (C=O) groups excluding carboxylic acids is 1. The van der Waals surface area contributed by atoms with E-state index in [1.165, 1.54) is 9.25 Å². The third-order valence-corrected chi connectivity index (χ3v) is 5.96. The van der Waals surface area contributed by atoms with Gasteiger partial charge in [0.2, 0.25) is 5.91 Å². The second kappa shape index (κ2) is 7.26. The lowest BCUT2D eigenvalue weighted by atomic mass is 10.0. The van der Waals surface area contributed by atoms with Crippen molar-refractivity contribution >= 4 is 5.91 Å². The number of alkyl halides is 3. The van der Waals surface area contributed by atoms with Gasteiger partial charge in [-0.3, -0.25) is 9.36 Å². The van der Waals surface area contributed by atoms with E-state index in [1.807, 2.05) is 31.2 Å². The zero-order chi connectivity index (χ0) is 21.7. The maximum Gasteiger partial charge on any atom is 0.419 e. The minimum Gasteiger partial charge on any atom is -0.379 e. The molecule has 1 saturated heterocycles. The van der Waals surface area contributed by atoms with Gasteiger partial charge in [0.25, 0.3) is 0 Å². The normalized spacial score (nSPS) is 24.2. The van der Waals surface area contributed by atoms with Gasteiger partial charge in [0.15, 0.2) is 5.60 Å². The fourth-order valence-corrected chi connectivity index (χ4v) is 4.16. The van der Waals surface area contributed by atoms with Crippen LogP contribution in [0.2, 0.25) is 0 Å². The van der Waals surface area contributed by atoms with Gasteiger partial charge >= 0.3 is 11.9 Å². The van der Waals surface area contributed by atoms with Gasteiger partial charge in [-0.1, -0.05) is 29.8 Å². The monoisotopic (exact) mass is 424 g/mol. The quantitative estimate of drug-likeness (QED) is 0.815. The van der Waals surface area contributed by atoms with E-state index in [0.29, 0.717) is 25.1 Å². The molecule has 1 amide bonds. The van der Waals surface area contributed by atoms with E-state index in [4.69, 9.17) is 0 Å². The average Bonchev–Trinajstić information content (AvgIpc) is 3.25. The van der Waals surface area contributed by atoms with Crippen LogP contribution >= 0.6 is 0 Å². The second-order valence-corrected chi connectivity index (χ2v) is 8.16. The number of aliphatic hydroxyl groups is 1. The summed E-state index contributed by atoms with van der Waals surface area (Å²) < 4.78 is 41.9. The predicted octanol–water partition coefficient (Wildman–Crippen LogP) is 1.80. The first kappa shape index (κ1) is 20.6. The van der Waals surface area contributed by atoms with E-state index in [2.05, 4.69) is 5.10 Å². The van der Waals surface area contributed by atoms with Gasteiger partial charge in [-0.25, -0.2) is 9.48 Å². The first-order chi connectivity index (χ1) is 14.1. The standard InChI is InChI=1S/C20H23F3N4O3/c1-13-5-7-14(8-6-13)11-26-18(29)27-15(3-2-4-16(27)24-26)17(28)25-10-9-19(30,12-25)20(21,22)23/h5-8,15,30H,2-4,9-12H2,1H3/t15-,19?/m0/s1. The van der Waals surface area contributed by atoms with Crippen LogP contribution in [-0.2, 0) is 17.8 Å². The number of fused-ring (bicyclic) bond motifs is 1. The lowest BCUT2D eigenvalue weighted by Gasteiger charge is -2.29. The number of likely N-dealkylation sites (tertiary alicyclic amines) is 1. The van der Waals surface area contributed by atoms with E-state index in [1.54, 1.807) is 0 Å². The highest BCUT2D eigenvalue weighted by molar-refractivity contribution is 5.81. The third kappa shape index (κ3) is 3.53. The van der Waals surface area contributed by atoms with Gasteiger partial charge < -0.3 is 10.0 Å². The average molecular weight is 424 g/mol. The van der Waals surface area contributed by atoms with Crippen molar-refractivity contribution in [3.8, 4) is 0 Å². The van der Waals surface area contributed by atoms with Crippen molar-refractivity contribution < 1.29 is 23.1 Å². The van der Waals surface area contributed by atoms with Gasteiger partial charge in [-0.05, 0) is 25.3 Å². The number of nitrogens with zero attached hydrogens (tertiary/aromatic N) is 4. The molecular formula is C20H23F3N4O3. The first-order valence-electron chi connectivity index (χ1n) is 9.91. The van der Waals surface area contributed by atoms with Crippen LogP contribution in [-0.4, -0.2) is 55.1 Å². The van der Waals surface area contributed by atoms with E-state index in [0.717, 1.165) is 16.0 Å². The topological polar surface area (TPSA) is 80.4 Å². The number of hydrogen-bond acceptors (Lipinski definition) is 4. The van der Waals surface area contributed by atoms with Crippen LogP contribution < -0.4 is 5.69 Å². The Morgan fingerprint density at radius 3 is 2.63 bits per heavy atom. The number of aryl methyl sites for hydroxylation is 2. The molecule has 3 heterocycles. The molecule has 2 aromatic rings. The molecule has 1 N–H and O–H groups in total. The highest BCUT2D eigenvalue weighted by atomic mass is 19.4. The summed E-state index contributed by atoms with van der Waals surface area (Å²) in [5, 5.41) is 14.2. The minimum atomic E-state index is -4.81. The van der Waals surface area contributed by atoms with Gasteiger partial charge in [0, 0.05) is 19.4 Å². The number of rotatable bonds is 3. The fraction of sp³-hybridized carbons (Fsp3) is 0.550. The molecule has 4 rings (SSSR count). The molecule has 0 aliphatic carbocycles. The summed E-state index contributed by atoms with van der Waals surface area (Å²) in [4.78, 5) is 27.0. The molecule has 1 fully saturated rings. The third-order valence-electron chi connectivity index (χ3n) is 5.96. The van der Waals surface area contributed by atoms with Crippen LogP contribution in [0.4, 0.5) is 13.2 Å². The second-order valence-electron chi connectivity index (χ2n) is 8.16. The Bertz CT molecular complexity index is 1010. The summed E-state index contributed by atoms with van der Waals surface area (Å²) in [5.41, 5.74) is -1.38. The molecule has 2 aliphatic heterocycles. The van der Waals surface area contributed by atoms with Crippen LogP contribution in [0.5, 0.6) is 0 Å². The number of amides is 1. The zero-order valence-corrected chi connectivity index (χ0v) is 16.5. The largest absolute Gasteiger partial charge is 0.419 e. The van der Waals surface area contributed by atoms with Crippen molar-refractivity contribution in [2.75, 3.05) is 13.1 Å². The summed E-state index contributed by atoms with van der Waals surface area (Å²) in [6.45, 7) is 1.19. The number of halogens is 3. The Labute approximate surface area is 170 Å². The minimum absolute atomic E-state index is 0.201. The van der Waals surface area contributed by atoms with E-state index >= 15 is 0 Å². The molecule has 0 radical (unpaired) electrons. The highest BCUT2D eigenvalue weighted by Crippen LogP contribution is 2.38. The number of aromatic nitrogens is 3. The van der Waals surface area contributed by atoms with Crippen molar-refractivity contribution in [3.05, 3.63) is 51.7 Å². The Hall–Kier alpha value is -2.62. The lowest BCUT2D eigenvalue weighted by molar-refractivity contribution is -0.253. The Kier molecular flexibility index (Phi) is 5.00. The van der Waals surface area contributed by atoms with E-state index in [9.17, 15) is 27.9 Å². The fourth-order valence-electron chi connectivity index (χ4n) is 4.16. The molecule has 7 nitrogen and oxygen atoms in total. The molecule has 30 heavy (non-hydrogen) atoms. The molecule has 162 valence electrons. The molecular weight excluding hydrogens is 401 g/mol. The van der Waals surface area contributed by atoms with Crippen LogP contribution in [0.25, 0.3) is 0 Å². The zero-order valence-electron chi connectivity index (χ0n) is 16.5. The first-order valence-corrected chi connectivity index (χ1v) is 9.91. The predicted molar refractivity (Wildman–Crippen MR) is 101 cm³/mol. The lowest BCUT2D eigenvalue weighted by Crippen LogP contribution is -2.49. The molecule has 1 aromatic carbocycles. The molecule has 2 atom stereocenters. The number of hydrogen-bond donors (Lipinski definition) is 1. The van der Waals surface area contributed by atoms with Crippen LogP contribution in [0, 0.1) is 6.92 Å². The van der Waals surface area contributed by atoms with Gasteiger partial charge in [0.05, 0.1) is 13.1 Å². The van der Waals surface area contributed by atoms with E-state index in [-0.39, 0.29) is 13.1 Å². The van der Waals surface area contributed by atoms with E-state index < -0.39 is 42.4 Å². The smallest absolute Gasteiger partial charge is 0.379 e. The maximum absolute atomic E-state index is 13.1. The van der Waals surface area contributed by atoms with Gasteiger partial charge in [0.1, 0.15) is 11.9 Å². The van der Waals surface area contributed by atoms with Crippen molar-refractivity contribution in [2.45, 2.75) is 57.0 Å². The summed E-state index contributed by atoms with van der Waals surface area (Å²) in [6, 6.07) is 6.75. The Morgan fingerprint density at radius 2 is 2.00 bits per heavy atom. The molecule has 1 unspecified atom stereocenters. The van der Waals surface area contributed by atoms with Crippen molar-refractivity contribution in [3.63, 3.8) is 0 Å². The van der Waals surface area contributed by atoms with Crippen LogP contribution in [0.1, 0.15) is 42.3 Å². The molecule has 2 aliphatic rings. The van der Waals surface area contributed by atoms with Crippen molar-refractivity contribution in [1.29, 1.82) is 0 Å². The number of benzene rings is 1.